The Morgan fingerprint density at radius 3 is 2.67 bits per heavy atom. The molecule has 9 heteroatoms. The summed E-state index contributed by atoms with van der Waals surface area (Å²) in [4.78, 5) is 36.0. The number of esters is 1. The van der Waals surface area contributed by atoms with E-state index in [1.807, 2.05) is 0 Å². The number of aryl methyl sites for hydroxylation is 1. The van der Waals surface area contributed by atoms with E-state index in [4.69, 9.17) is 14.0 Å². The normalized spacial score (nSPS) is 11.4. The number of aromatic nitrogens is 1. The molecule has 0 aliphatic rings. The average Bonchev–Trinajstić information content (AvgIpc) is 3.05. The molecule has 0 aliphatic heterocycles. The fourth-order valence-corrected chi connectivity index (χ4v) is 2.12. The predicted molar refractivity (Wildman–Crippen MR) is 95.4 cm³/mol. The summed E-state index contributed by atoms with van der Waals surface area (Å²) in [6.07, 6.45) is -1.07. The first-order valence-corrected chi connectivity index (χ1v) is 8.34. The number of rotatable bonds is 8. The van der Waals surface area contributed by atoms with Crippen LogP contribution in [0.25, 0.3) is 0 Å². The van der Waals surface area contributed by atoms with Crippen molar-refractivity contribution in [2.45, 2.75) is 26.9 Å². The number of para-hydroxylation sites is 1. The number of nitrogens with zero attached hydrogens (tertiary/aromatic N) is 1. The number of ether oxygens (including phenoxy) is 2. The maximum atomic E-state index is 12.2. The highest BCUT2D eigenvalue weighted by Crippen LogP contribution is 2.17. The summed E-state index contributed by atoms with van der Waals surface area (Å²) >= 11 is 0. The Kier molecular flexibility index (Phi) is 6.93. The lowest BCUT2D eigenvalue weighted by Gasteiger charge is -2.13. The van der Waals surface area contributed by atoms with Crippen LogP contribution in [0.2, 0.25) is 0 Å². The lowest BCUT2D eigenvalue weighted by atomic mass is 10.2. The van der Waals surface area contributed by atoms with E-state index >= 15 is 0 Å². The Morgan fingerprint density at radius 2 is 2.00 bits per heavy atom. The third-order valence-corrected chi connectivity index (χ3v) is 3.38. The van der Waals surface area contributed by atoms with Crippen LogP contribution in [0, 0.1) is 6.92 Å². The van der Waals surface area contributed by atoms with Crippen LogP contribution in [0.5, 0.6) is 5.75 Å². The molecule has 0 spiro atoms. The second-order valence-electron chi connectivity index (χ2n) is 5.57. The minimum absolute atomic E-state index is 0.154. The van der Waals surface area contributed by atoms with Gasteiger partial charge in [0, 0.05) is 6.07 Å². The van der Waals surface area contributed by atoms with Gasteiger partial charge in [-0.15, -0.1) is 0 Å². The number of hydrogen-bond donors (Lipinski definition) is 2. The summed E-state index contributed by atoms with van der Waals surface area (Å²) in [6, 6.07) is 8.21. The van der Waals surface area contributed by atoms with Crippen LogP contribution in [-0.2, 0) is 14.3 Å². The van der Waals surface area contributed by atoms with E-state index in [1.165, 1.54) is 13.0 Å². The molecule has 0 saturated heterocycles. The number of amides is 2. The van der Waals surface area contributed by atoms with Crippen LogP contribution in [0.15, 0.2) is 34.9 Å². The largest absolute Gasteiger partial charge is 0.493 e. The zero-order valence-electron chi connectivity index (χ0n) is 15.3. The molecule has 2 rings (SSSR count). The van der Waals surface area contributed by atoms with Gasteiger partial charge in [0.15, 0.2) is 6.10 Å². The van der Waals surface area contributed by atoms with Crippen LogP contribution in [0.1, 0.15) is 29.9 Å². The molecule has 9 nitrogen and oxygen atoms in total. The van der Waals surface area contributed by atoms with Gasteiger partial charge in [-0.3, -0.25) is 19.7 Å². The summed E-state index contributed by atoms with van der Waals surface area (Å²) in [6.45, 7) is 4.93. The van der Waals surface area contributed by atoms with E-state index in [-0.39, 0.29) is 5.88 Å². The number of carbonyl (C=O) groups is 3. The van der Waals surface area contributed by atoms with E-state index < -0.39 is 30.4 Å². The van der Waals surface area contributed by atoms with Crippen molar-refractivity contribution in [2.24, 2.45) is 0 Å². The molecule has 144 valence electrons. The standard InChI is InChI=1S/C18H21N3O6/c1-4-25-14-8-6-5-7-13(14)18(24)19-10-16(22)26-12(3)17(23)20-15-9-11(2)21-27-15/h5-9,12H,4,10H2,1-3H3,(H,19,24)(H,20,23)/t12-/m0/s1. The zero-order chi connectivity index (χ0) is 19.8. The minimum Gasteiger partial charge on any atom is -0.493 e. The van der Waals surface area contributed by atoms with Gasteiger partial charge in [0.25, 0.3) is 11.8 Å². The van der Waals surface area contributed by atoms with Gasteiger partial charge < -0.3 is 19.3 Å². The smallest absolute Gasteiger partial charge is 0.326 e. The molecule has 2 amide bonds. The van der Waals surface area contributed by atoms with Gasteiger partial charge in [0.2, 0.25) is 5.88 Å². The van der Waals surface area contributed by atoms with E-state index in [9.17, 15) is 14.4 Å². The van der Waals surface area contributed by atoms with Gasteiger partial charge in [-0.05, 0) is 32.9 Å². The summed E-state index contributed by atoms with van der Waals surface area (Å²) in [7, 11) is 0. The number of nitrogens with one attached hydrogen (secondary N) is 2. The summed E-state index contributed by atoms with van der Waals surface area (Å²) in [5.41, 5.74) is 0.906. The lowest BCUT2D eigenvalue weighted by Crippen LogP contribution is -2.35. The zero-order valence-corrected chi connectivity index (χ0v) is 15.3. The number of anilines is 1. The monoisotopic (exact) mass is 375 g/mol. The van der Waals surface area contributed by atoms with E-state index in [2.05, 4.69) is 15.8 Å². The van der Waals surface area contributed by atoms with E-state index in [1.54, 1.807) is 38.1 Å². The minimum atomic E-state index is -1.07. The number of carbonyl (C=O) groups excluding carboxylic acids is 3. The second kappa shape index (κ2) is 9.37. The molecule has 1 atom stereocenters. The van der Waals surface area contributed by atoms with Crippen molar-refractivity contribution >= 4 is 23.7 Å². The van der Waals surface area contributed by atoms with Gasteiger partial charge in [0.1, 0.15) is 12.3 Å². The Morgan fingerprint density at radius 1 is 1.26 bits per heavy atom. The predicted octanol–water partition coefficient (Wildman–Crippen LogP) is 1.68. The molecular weight excluding hydrogens is 354 g/mol. The topological polar surface area (TPSA) is 120 Å². The first-order valence-electron chi connectivity index (χ1n) is 8.34. The van der Waals surface area contributed by atoms with Gasteiger partial charge in [-0.25, -0.2) is 0 Å². The Bertz CT molecular complexity index is 817. The summed E-state index contributed by atoms with van der Waals surface area (Å²) in [5, 5.41) is 8.50. The molecule has 1 heterocycles. The van der Waals surface area contributed by atoms with Gasteiger partial charge in [-0.2, -0.15) is 0 Å². The second-order valence-corrected chi connectivity index (χ2v) is 5.57. The molecule has 0 unspecified atom stereocenters. The molecule has 1 aromatic heterocycles. The van der Waals surface area contributed by atoms with Crippen LogP contribution >= 0.6 is 0 Å². The Balaban J connectivity index is 1.83. The average molecular weight is 375 g/mol. The van der Waals surface area contributed by atoms with E-state index in [0.29, 0.717) is 23.6 Å². The molecule has 2 N–H and O–H groups in total. The maximum Gasteiger partial charge on any atom is 0.326 e. The summed E-state index contributed by atoms with van der Waals surface area (Å²) < 4.78 is 15.2. The van der Waals surface area contributed by atoms with Gasteiger partial charge >= 0.3 is 5.97 Å². The van der Waals surface area contributed by atoms with Crippen molar-refractivity contribution in [3.63, 3.8) is 0 Å². The van der Waals surface area contributed by atoms with Crippen LogP contribution < -0.4 is 15.4 Å². The molecular formula is C18H21N3O6. The molecule has 0 aliphatic carbocycles. The highest BCUT2D eigenvalue weighted by Gasteiger charge is 2.20. The maximum absolute atomic E-state index is 12.2. The van der Waals surface area contributed by atoms with Crippen molar-refractivity contribution < 1.29 is 28.4 Å². The third kappa shape index (κ3) is 5.84. The van der Waals surface area contributed by atoms with Crippen molar-refractivity contribution in [3.8, 4) is 5.75 Å². The van der Waals surface area contributed by atoms with Crippen LogP contribution in [-0.4, -0.2) is 42.2 Å². The Labute approximate surface area is 156 Å². The van der Waals surface area contributed by atoms with Gasteiger partial charge in [0.05, 0.1) is 17.9 Å². The number of hydrogen-bond acceptors (Lipinski definition) is 7. The van der Waals surface area contributed by atoms with Crippen molar-refractivity contribution in [1.29, 1.82) is 0 Å². The van der Waals surface area contributed by atoms with Crippen molar-refractivity contribution in [3.05, 3.63) is 41.6 Å². The van der Waals surface area contributed by atoms with Crippen molar-refractivity contribution in [2.75, 3.05) is 18.5 Å². The molecule has 0 saturated carbocycles. The molecule has 0 fully saturated rings. The highest BCUT2D eigenvalue weighted by atomic mass is 16.5. The highest BCUT2D eigenvalue weighted by molar-refractivity contribution is 5.98. The van der Waals surface area contributed by atoms with Crippen LogP contribution in [0.3, 0.4) is 0 Å². The van der Waals surface area contributed by atoms with E-state index in [0.717, 1.165) is 0 Å². The fourth-order valence-electron chi connectivity index (χ4n) is 2.12. The first-order chi connectivity index (χ1) is 12.9. The molecule has 27 heavy (non-hydrogen) atoms. The third-order valence-electron chi connectivity index (χ3n) is 3.38. The molecule has 1 aromatic carbocycles. The van der Waals surface area contributed by atoms with Gasteiger partial charge in [-0.1, -0.05) is 17.3 Å². The summed E-state index contributed by atoms with van der Waals surface area (Å²) in [5.74, 6) is -1.24. The van der Waals surface area contributed by atoms with Crippen LogP contribution in [0.4, 0.5) is 5.88 Å². The quantitative estimate of drug-likeness (QED) is 0.674. The first kappa shape index (κ1) is 20.0. The Hall–Kier alpha value is -3.36. The lowest BCUT2D eigenvalue weighted by molar-refractivity contribution is -0.152. The molecule has 2 aromatic rings. The SMILES string of the molecule is CCOc1ccccc1C(=O)NCC(=O)O[C@@H](C)C(=O)Nc1cc(C)no1. The molecule has 0 bridgehead atoms. The molecule has 0 radical (unpaired) electrons. The number of benzene rings is 1. The van der Waals surface area contributed by atoms with Crippen molar-refractivity contribution in [1.82, 2.24) is 10.5 Å². The fraction of sp³-hybridized carbons (Fsp3) is 0.333.